The lowest BCUT2D eigenvalue weighted by Crippen LogP contribution is -2.09. The van der Waals surface area contributed by atoms with Gasteiger partial charge in [-0.15, -0.1) is 0 Å². The van der Waals surface area contributed by atoms with E-state index < -0.39 is 11.9 Å². The van der Waals surface area contributed by atoms with Crippen molar-refractivity contribution in [1.29, 1.82) is 0 Å². The third-order valence-corrected chi connectivity index (χ3v) is 1.60. The Morgan fingerprint density at radius 1 is 0.800 bits per heavy atom. The summed E-state index contributed by atoms with van der Waals surface area (Å²) in [6.45, 7) is 1.73. The zero-order valence-corrected chi connectivity index (χ0v) is 11.7. The average molecular weight is 294 g/mol. The molecule has 0 saturated heterocycles. The van der Waals surface area contributed by atoms with Gasteiger partial charge in [0.2, 0.25) is 0 Å². The molecule has 0 heterocycles. The number of methoxy groups -OCH3 is 2. The van der Waals surface area contributed by atoms with E-state index >= 15 is 0 Å². The zero-order chi connectivity index (χ0) is 15.6. The molecule has 0 aromatic carbocycles. The predicted molar refractivity (Wildman–Crippen MR) is 69.0 cm³/mol. The van der Waals surface area contributed by atoms with Gasteiger partial charge in [0.1, 0.15) is 0 Å². The summed E-state index contributed by atoms with van der Waals surface area (Å²) in [6.07, 6.45) is 1.98. The van der Waals surface area contributed by atoms with Crippen LogP contribution >= 0.6 is 0 Å². The Morgan fingerprint density at radius 3 is 1.40 bits per heavy atom. The van der Waals surface area contributed by atoms with Gasteiger partial charge in [0.05, 0.1) is 53.9 Å². The van der Waals surface area contributed by atoms with Gasteiger partial charge in [-0.2, -0.15) is 0 Å². The fourth-order valence-corrected chi connectivity index (χ4v) is 0.723. The van der Waals surface area contributed by atoms with Crippen LogP contribution in [0.4, 0.5) is 0 Å². The highest BCUT2D eigenvalue weighted by Gasteiger charge is 1.94. The fraction of sp³-hybridized carbons (Fsp3) is 0.667. The molecule has 0 aromatic heterocycles. The first-order chi connectivity index (χ1) is 9.62. The van der Waals surface area contributed by atoms with E-state index in [1.165, 1.54) is 14.2 Å². The minimum atomic E-state index is -0.578. The average Bonchev–Trinajstić information content (AvgIpc) is 2.48. The highest BCUT2D eigenvalue weighted by molar-refractivity contribution is 5.91. The van der Waals surface area contributed by atoms with Crippen LogP contribution in [0.3, 0.4) is 0 Å². The van der Waals surface area contributed by atoms with Crippen LogP contribution in [0.5, 0.6) is 0 Å². The molecule has 0 aliphatic carbocycles. The number of hydrogen-bond donors (Lipinski definition) is 2. The molecule has 118 valence electrons. The molecule has 2 N–H and O–H groups in total. The minimum absolute atomic E-state index is 0.0417. The van der Waals surface area contributed by atoms with Crippen LogP contribution in [0.1, 0.15) is 0 Å². The third-order valence-electron chi connectivity index (χ3n) is 1.60. The molecule has 0 amide bonds. The van der Waals surface area contributed by atoms with E-state index in [0.29, 0.717) is 26.4 Å². The number of aliphatic hydroxyl groups is 2. The maximum Gasteiger partial charge on any atom is 0.330 e. The summed E-state index contributed by atoms with van der Waals surface area (Å²) < 4.78 is 18.2. The summed E-state index contributed by atoms with van der Waals surface area (Å²) in [4.78, 5) is 20.6. The summed E-state index contributed by atoms with van der Waals surface area (Å²) in [6, 6.07) is 0. The number of carbonyl (C=O) groups excluding carboxylic acids is 2. The van der Waals surface area contributed by atoms with Crippen LogP contribution < -0.4 is 0 Å². The van der Waals surface area contributed by atoms with Gasteiger partial charge in [-0.1, -0.05) is 0 Å². The second-order valence-electron chi connectivity index (χ2n) is 3.05. The molecule has 0 radical (unpaired) electrons. The van der Waals surface area contributed by atoms with Gasteiger partial charge < -0.3 is 29.2 Å². The monoisotopic (exact) mass is 294 g/mol. The molecule has 8 heteroatoms. The van der Waals surface area contributed by atoms with Crippen molar-refractivity contribution in [2.75, 3.05) is 53.9 Å². The third kappa shape index (κ3) is 18.9. The molecule has 0 fully saturated rings. The Balaban J connectivity index is 0. The number of esters is 2. The van der Waals surface area contributed by atoms with Gasteiger partial charge in [-0.05, 0) is 0 Å². The fourth-order valence-electron chi connectivity index (χ4n) is 0.723. The van der Waals surface area contributed by atoms with Crippen molar-refractivity contribution >= 4 is 11.9 Å². The van der Waals surface area contributed by atoms with Crippen LogP contribution in [0.15, 0.2) is 12.2 Å². The Kier molecular flexibility index (Phi) is 18.2. The lowest BCUT2D eigenvalue weighted by Gasteiger charge is -2.01. The van der Waals surface area contributed by atoms with E-state index in [1.807, 2.05) is 0 Å². The van der Waals surface area contributed by atoms with Gasteiger partial charge in [-0.3, -0.25) is 0 Å². The summed E-state index contributed by atoms with van der Waals surface area (Å²) >= 11 is 0. The lowest BCUT2D eigenvalue weighted by molar-refractivity contribution is -0.137. The summed E-state index contributed by atoms with van der Waals surface area (Å²) in [7, 11) is 2.45. The first-order valence-corrected chi connectivity index (χ1v) is 5.83. The zero-order valence-electron chi connectivity index (χ0n) is 11.7. The van der Waals surface area contributed by atoms with Crippen molar-refractivity contribution in [2.24, 2.45) is 0 Å². The molecule has 0 saturated carbocycles. The lowest BCUT2D eigenvalue weighted by atomic mass is 10.5. The van der Waals surface area contributed by atoms with Crippen molar-refractivity contribution in [2.45, 2.75) is 0 Å². The Bertz CT molecular complexity index is 238. The van der Waals surface area contributed by atoms with Crippen LogP contribution in [-0.4, -0.2) is 76.0 Å². The van der Waals surface area contributed by atoms with Gasteiger partial charge in [0, 0.05) is 12.2 Å². The number of rotatable bonds is 9. The van der Waals surface area contributed by atoms with Crippen molar-refractivity contribution in [1.82, 2.24) is 0 Å². The summed E-state index contributed by atoms with van der Waals surface area (Å²) in [5.41, 5.74) is 0. The summed E-state index contributed by atoms with van der Waals surface area (Å²) in [5, 5.41) is 16.5. The molecule has 0 spiro atoms. The quantitative estimate of drug-likeness (QED) is 0.313. The van der Waals surface area contributed by atoms with Crippen molar-refractivity contribution < 1.29 is 38.7 Å². The van der Waals surface area contributed by atoms with Crippen LogP contribution in [0.2, 0.25) is 0 Å². The van der Waals surface area contributed by atoms with Crippen molar-refractivity contribution in [3.63, 3.8) is 0 Å². The number of ether oxygens (including phenoxy) is 4. The van der Waals surface area contributed by atoms with E-state index in [1.54, 1.807) is 0 Å². The molecule has 20 heavy (non-hydrogen) atoms. The minimum Gasteiger partial charge on any atom is -0.466 e. The van der Waals surface area contributed by atoms with Crippen LogP contribution in [-0.2, 0) is 28.5 Å². The maximum absolute atomic E-state index is 10.3. The van der Waals surface area contributed by atoms with E-state index in [0.717, 1.165) is 12.2 Å². The van der Waals surface area contributed by atoms with Gasteiger partial charge >= 0.3 is 11.9 Å². The van der Waals surface area contributed by atoms with E-state index in [9.17, 15) is 9.59 Å². The number of aliphatic hydroxyl groups excluding tert-OH is 2. The number of carbonyl (C=O) groups is 2. The SMILES string of the molecule is COC(=O)/C=C\C(=O)OC.OCCOCCOCCO. The smallest absolute Gasteiger partial charge is 0.330 e. The Hall–Kier alpha value is -1.48. The highest BCUT2D eigenvalue weighted by atomic mass is 16.5. The molecule has 0 atom stereocenters. The van der Waals surface area contributed by atoms with Crippen molar-refractivity contribution in [3.05, 3.63) is 12.2 Å². The second kappa shape index (κ2) is 17.5. The Labute approximate surface area is 117 Å². The molecule has 8 nitrogen and oxygen atoms in total. The summed E-state index contributed by atoms with van der Waals surface area (Å²) in [5.74, 6) is -1.16. The van der Waals surface area contributed by atoms with Crippen LogP contribution in [0, 0.1) is 0 Å². The van der Waals surface area contributed by atoms with E-state index in [-0.39, 0.29) is 13.2 Å². The van der Waals surface area contributed by atoms with Gasteiger partial charge in [0.25, 0.3) is 0 Å². The first kappa shape index (κ1) is 20.8. The molecule has 0 aliphatic heterocycles. The topological polar surface area (TPSA) is 112 Å². The molecule has 0 aliphatic rings. The maximum atomic E-state index is 10.3. The van der Waals surface area contributed by atoms with E-state index in [4.69, 9.17) is 19.7 Å². The molecular weight excluding hydrogens is 272 g/mol. The molecule has 0 unspecified atom stereocenters. The predicted octanol–water partition coefficient (Wildman–Crippen LogP) is -1.11. The van der Waals surface area contributed by atoms with E-state index in [2.05, 4.69) is 9.47 Å². The number of hydrogen-bond acceptors (Lipinski definition) is 8. The van der Waals surface area contributed by atoms with Crippen LogP contribution in [0.25, 0.3) is 0 Å². The normalized spacial score (nSPS) is 9.80. The van der Waals surface area contributed by atoms with Gasteiger partial charge in [-0.25, -0.2) is 9.59 Å². The second-order valence-corrected chi connectivity index (χ2v) is 3.05. The molecule has 0 bridgehead atoms. The molecular formula is C12H22O8. The van der Waals surface area contributed by atoms with Crippen molar-refractivity contribution in [3.8, 4) is 0 Å². The first-order valence-electron chi connectivity index (χ1n) is 5.83. The highest BCUT2D eigenvalue weighted by Crippen LogP contribution is 1.80. The largest absolute Gasteiger partial charge is 0.466 e. The molecule has 0 aromatic rings. The molecule has 0 rings (SSSR count). The Morgan fingerprint density at radius 2 is 1.15 bits per heavy atom. The standard InChI is InChI=1S/C6H8O4.C6H14O4/c1-9-5(7)3-4-6(8)10-2;7-1-3-9-5-6-10-4-2-8/h3-4H,1-2H3;7-8H,1-6H2/b4-3-;. The van der Waals surface area contributed by atoms with Gasteiger partial charge in [0.15, 0.2) is 0 Å².